The Hall–Kier alpha value is -2.94. The van der Waals surface area contributed by atoms with E-state index in [0.29, 0.717) is 26.8 Å². The first-order chi connectivity index (χ1) is 13.5. The minimum Gasteiger partial charge on any atom is -0.330 e. The molecule has 2 aromatic carbocycles. The summed E-state index contributed by atoms with van der Waals surface area (Å²) in [7, 11) is 0. The summed E-state index contributed by atoms with van der Waals surface area (Å²) < 4.78 is 3.08. The summed E-state index contributed by atoms with van der Waals surface area (Å²) in [5, 5.41) is 17.5. The summed E-state index contributed by atoms with van der Waals surface area (Å²) in [6.07, 6.45) is 3.08. The Balaban J connectivity index is 1.60. The van der Waals surface area contributed by atoms with E-state index in [9.17, 15) is 0 Å². The van der Waals surface area contributed by atoms with Crippen molar-refractivity contribution in [1.82, 2.24) is 19.4 Å². The summed E-state index contributed by atoms with van der Waals surface area (Å²) in [4.78, 5) is 4.42. The first kappa shape index (κ1) is 18.4. The van der Waals surface area contributed by atoms with Gasteiger partial charge in [-0.05, 0) is 42.5 Å². The fraction of sp³-hybridized carbons (Fsp3) is 0. The topological polar surface area (TPSA) is 83.5 Å². The third kappa shape index (κ3) is 3.57. The maximum Gasteiger partial charge on any atom is 0.190 e. The standard InChI is InChI=1S/C18H13Cl2N7S/c19-11-6-7-15(14(20)8-11)24-18(28)25-26-10-22-17-13(16(26)21)9-23-27(17)12-4-2-1-3-5-12/h1-10,21H,(H2,24,25,28). The Morgan fingerprint density at radius 3 is 2.64 bits per heavy atom. The van der Waals surface area contributed by atoms with Gasteiger partial charge in [0.05, 0.1) is 28.0 Å². The van der Waals surface area contributed by atoms with Gasteiger partial charge in [-0.25, -0.2) is 14.3 Å². The van der Waals surface area contributed by atoms with Gasteiger partial charge in [-0.1, -0.05) is 41.4 Å². The van der Waals surface area contributed by atoms with Crippen molar-refractivity contribution in [3.05, 3.63) is 76.6 Å². The number of aromatic nitrogens is 4. The Morgan fingerprint density at radius 2 is 1.89 bits per heavy atom. The van der Waals surface area contributed by atoms with Crippen LogP contribution in [0.4, 0.5) is 5.69 Å². The van der Waals surface area contributed by atoms with E-state index in [4.69, 9.17) is 40.8 Å². The van der Waals surface area contributed by atoms with E-state index in [0.717, 1.165) is 5.69 Å². The molecule has 2 heterocycles. The highest BCUT2D eigenvalue weighted by atomic mass is 35.5. The van der Waals surface area contributed by atoms with Gasteiger partial charge < -0.3 is 5.32 Å². The van der Waals surface area contributed by atoms with Crippen LogP contribution in [0.25, 0.3) is 16.7 Å². The van der Waals surface area contributed by atoms with Crippen LogP contribution in [0.5, 0.6) is 0 Å². The number of nitrogens with zero attached hydrogens (tertiary/aromatic N) is 4. The molecule has 0 unspecified atom stereocenters. The number of hydrogen-bond donors (Lipinski definition) is 3. The van der Waals surface area contributed by atoms with E-state index in [1.54, 1.807) is 29.1 Å². The normalized spacial score (nSPS) is 10.8. The molecule has 0 aliphatic rings. The molecule has 4 aromatic rings. The lowest BCUT2D eigenvalue weighted by atomic mass is 10.3. The van der Waals surface area contributed by atoms with E-state index in [2.05, 4.69) is 20.8 Å². The van der Waals surface area contributed by atoms with Crippen LogP contribution >= 0.6 is 35.4 Å². The summed E-state index contributed by atoms with van der Waals surface area (Å²) in [5.74, 6) is 0. The van der Waals surface area contributed by atoms with Gasteiger partial charge in [-0.3, -0.25) is 10.8 Å². The van der Waals surface area contributed by atoms with Crippen LogP contribution in [-0.4, -0.2) is 24.6 Å². The minimum absolute atomic E-state index is 0.165. The predicted molar refractivity (Wildman–Crippen MR) is 115 cm³/mol. The van der Waals surface area contributed by atoms with Crippen molar-refractivity contribution in [2.24, 2.45) is 0 Å². The lowest BCUT2D eigenvalue weighted by molar-refractivity contribution is 0.840. The number of fused-ring (bicyclic) bond motifs is 1. The fourth-order valence-electron chi connectivity index (χ4n) is 2.63. The number of hydrogen-bond acceptors (Lipinski definition) is 4. The highest BCUT2D eigenvalue weighted by Crippen LogP contribution is 2.25. The maximum atomic E-state index is 8.43. The zero-order chi connectivity index (χ0) is 19.7. The Kier molecular flexibility index (Phi) is 4.99. The zero-order valence-electron chi connectivity index (χ0n) is 14.2. The van der Waals surface area contributed by atoms with Crippen LogP contribution in [0.3, 0.4) is 0 Å². The number of anilines is 1. The smallest absolute Gasteiger partial charge is 0.190 e. The van der Waals surface area contributed by atoms with Gasteiger partial charge in [0.25, 0.3) is 0 Å². The zero-order valence-corrected chi connectivity index (χ0v) is 16.6. The van der Waals surface area contributed by atoms with E-state index >= 15 is 0 Å². The van der Waals surface area contributed by atoms with Crippen molar-refractivity contribution in [1.29, 1.82) is 5.41 Å². The van der Waals surface area contributed by atoms with Crippen molar-refractivity contribution in [3.63, 3.8) is 0 Å². The van der Waals surface area contributed by atoms with Crippen LogP contribution in [0.1, 0.15) is 0 Å². The van der Waals surface area contributed by atoms with Gasteiger partial charge in [-0.2, -0.15) is 5.10 Å². The van der Waals surface area contributed by atoms with Crippen LogP contribution in [0, 0.1) is 5.41 Å². The lowest BCUT2D eigenvalue weighted by Gasteiger charge is -2.14. The second kappa shape index (κ2) is 7.59. The largest absolute Gasteiger partial charge is 0.330 e. The van der Waals surface area contributed by atoms with Crippen molar-refractivity contribution in [2.45, 2.75) is 0 Å². The first-order valence-electron chi connectivity index (χ1n) is 8.11. The molecule has 0 fully saturated rings. The minimum atomic E-state index is 0.165. The molecule has 3 N–H and O–H groups in total. The van der Waals surface area contributed by atoms with E-state index < -0.39 is 0 Å². The van der Waals surface area contributed by atoms with Gasteiger partial charge in [0, 0.05) is 5.02 Å². The molecule has 0 amide bonds. The quantitative estimate of drug-likeness (QED) is 0.429. The maximum absolute atomic E-state index is 8.43. The molecule has 0 spiro atoms. The van der Waals surface area contributed by atoms with Crippen LogP contribution < -0.4 is 16.2 Å². The highest BCUT2D eigenvalue weighted by Gasteiger charge is 2.10. The van der Waals surface area contributed by atoms with Gasteiger partial charge in [-0.15, -0.1) is 0 Å². The number of thiocarbonyl (C=S) groups is 1. The van der Waals surface area contributed by atoms with Gasteiger partial charge in [0.15, 0.2) is 16.2 Å². The number of halogens is 2. The van der Waals surface area contributed by atoms with Crippen molar-refractivity contribution < 1.29 is 0 Å². The van der Waals surface area contributed by atoms with Crippen LogP contribution in [-0.2, 0) is 0 Å². The van der Waals surface area contributed by atoms with Crippen LogP contribution in [0.15, 0.2) is 61.1 Å². The molecule has 0 saturated carbocycles. The Morgan fingerprint density at radius 1 is 1.11 bits per heavy atom. The summed E-state index contributed by atoms with van der Waals surface area (Å²) in [6.45, 7) is 0. The number of benzene rings is 2. The fourth-order valence-corrected chi connectivity index (χ4v) is 3.29. The van der Waals surface area contributed by atoms with E-state index in [-0.39, 0.29) is 10.6 Å². The van der Waals surface area contributed by atoms with Crippen molar-refractivity contribution in [2.75, 3.05) is 10.7 Å². The Bertz CT molecular complexity index is 1230. The summed E-state index contributed by atoms with van der Waals surface area (Å²) in [6, 6.07) is 14.6. The molecule has 0 bridgehead atoms. The number of nitrogens with one attached hydrogen (secondary N) is 3. The molecule has 0 atom stereocenters. The molecule has 0 radical (unpaired) electrons. The molecule has 10 heteroatoms. The molecule has 0 aliphatic carbocycles. The summed E-state index contributed by atoms with van der Waals surface area (Å²) in [5.41, 5.74) is 5.11. The number of rotatable bonds is 3. The average molecular weight is 430 g/mol. The van der Waals surface area contributed by atoms with Gasteiger partial charge in [0.2, 0.25) is 0 Å². The van der Waals surface area contributed by atoms with Crippen LogP contribution in [0.2, 0.25) is 10.0 Å². The number of para-hydroxylation sites is 1. The molecule has 140 valence electrons. The van der Waals surface area contributed by atoms with Gasteiger partial charge >= 0.3 is 0 Å². The predicted octanol–water partition coefficient (Wildman–Crippen LogP) is 3.95. The molecular weight excluding hydrogens is 417 g/mol. The first-order valence-corrected chi connectivity index (χ1v) is 9.28. The molecule has 0 saturated heterocycles. The second-order valence-electron chi connectivity index (χ2n) is 5.78. The molecular formula is C18H13Cl2N7S. The molecule has 28 heavy (non-hydrogen) atoms. The van der Waals surface area contributed by atoms with E-state index in [1.807, 2.05) is 30.3 Å². The SMILES string of the molecule is N=c1c2cnn(-c3ccccc3)c2ncn1NC(=S)Nc1ccc(Cl)cc1Cl. The van der Waals surface area contributed by atoms with E-state index in [1.165, 1.54) is 11.0 Å². The third-order valence-corrected chi connectivity index (χ3v) is 4.68. The third-order valence-electron chi connectivity index (χ3n) is 3.94. The monoisotopic (exact) mass is 429 g/mol. The van der Waals surface area contributed by atoms with Crippen molar-refractivity contribution in [3.8, 4) is 5.69 Å². The summed E-state index contributed by atoms with van der Waals surface area (Å²) >= 11 is 17.4. The molecule has 0 aliphatic heterocycles. The molecule has 4 rings (SSSR count). The lowest BCUT2D eigenvalue weighted by Crippen LogP contribution is -2.35. The average Bonchev–Trinajstić information content (AvgIpc) is 3.12. The van der Waals surface area contributed by atoms with Gasteiger partial charge in [0.1, 0.15) is 6.33 Å². The highest BCUT2D eigenvalue weighted by molar-refractivity contribution is 7.80. The van der Waals surface area contributed by atoms with Crippen molar-refractivity contribution >= 4 is 57.3 Å². The second-order valence-corrected chi connectivity index (χ2v) is 7.03. The Labute approximate surface area is 175 Å². The molecule has 7 nitrogen and oxygen atoms in total. The molecule has 2 aromatic heterocycles.